The highest BCUT2D eigenvalue weighted by molar-refractivity contribution is 6.10. The van der Waals surface area contributed by atoms with E-state index in [1.165, 1.54) is 11.1 Å². The van der Waals surface area contributed by atoms with Crippen LogP contribution in [-0.4, -0.2) is 0 Å². The smallest absolute Gasteiger partial charge is 0.136 e. The summed E-state index contributed by atoms with van der Waals surface area (Å²) in [5.74, 6) is 0. The van der Waals surface area contributed by atoms with Crippen molar-refractivity contribution in [3.63, 3.8) is 0 Å². The average Bonchev–Trinajstić information content (AvgIpc) is 3.73. The van der Waals surface area contributed by atoms with Crippen molar-refractivity contribution in [2.75, 3.05) is 9.80 Å². The van der Waals surface area contributed by atoms with Crippen LogP contribution in [0.4, 0.5) is 28.4 Å². The number of rotatable bonds is 6. The maximum absolute atomic E-state index is 6.71. The molecule has 0 N–H and O–H groups in total. The van der Waals surface area contributed by atoms with Crippen LogP contribution in [-0.2, 0) is 6.42 Å². The molecule has 0 aliphatic heterocycles. The Hall–Kier alpha value is -8.40. The fourth-order valence-corrected chi connectivity index (χ4v) is 9.23. The zero-order valence-corrected chi connectivity index (χ0v) is 35.3. The van der Waals surface area contributed by atoms with Gasteiger partial charge in [-0.05, 0) is 141 Å². The summed E-state index contributed by atoms with van der Waals surface area (Å²) in [6, 6.07) is 79.9. The Kier molecular flexibility index (Phi) is 10.1. The standard InChI is InChI=1S/C61H44N2O/c1-43-34-36-49(62(45-21-6-2-7-22-45)46-23-8-3-9-24-46)37-35-44-20-14-15-30-52(44)57-41-59-55-32-18-19-33-60(55)64-61(59)42-58(57)56-40-50(38-39-54(56)53-31-17-16-29-51(43)53)63(47-25-10-4-11-26-47)48-27-12-5-13-28-48/h2-34,36-42H,1,35H2/b36-34-,49-37+. The lowest BCUT2D eigenvalue weighted by atomic mass is 9.84. The minimum absolute atomic E-state index is 0.682. The van der Waals surface area contributed by atoms with E-state index in [1.807, 2.05) is 6.07 Å². The summed E-state index contributed by atoms with van der Waals surface area (Å²) < 4.78 is 6.71. The van der Waals surface area contributed by atoms with Gasteiger partial charge < -0.3 is 14.2 Å². The average molecular weight is 821 g/mol. The molecule has 0 spiro atoms. The Labute approximate surface area is 374 Å². The normalized spacial score (nSPS) is 13.7. The molecule has 0 radical (unpaired) electrons. The highest BCUT2D eigenvalue weighted by Gasteiger charge is 2.23. The van der Waals surface area contributed by atoms with Crippen LogP contribution in [0.15, 0.2) is 259 Å². The number of allylic oxidation sites excluding steroid dienone is 4. The van der Waals surface area contributed by atoms with Gasteiger partial charge in [-0.3, -0.25) is 0 Å². The van der Waals surface area contributed by atoms with Gasteiger partial charge >= 0.3 is 0 Å². The number of hydrogen-bond donors (Lipinski definition) is 0. The van der Waals surface area contributed by atoms with Crippen LogP contribution in [0.2, 0.25) is 0 Å². The number of furan rings is 1. The minimum atomic E-state index is 0.682. The summed E-state index contributed by atoms with van der Waals surface area (Å²) in [4.78, 5) is 4.67. The first-order chi connectivity index (χ1) is 31.7. The van der Waals surface area contributed by atoms with Crippen LogP contribution in [0.3, 0.4) is 0 Å². The molecule has 9 aromatic carbocycles. The van der Waals surface area contributed by atoms with Gasteiger partial charge in [0.05, 0.1) is 0 Å². The van der Waals surface area contributed by atoms with Gasteiger partial charge in [0.15, 0.2) is 0 Å². The van der Waals surface area contributed by atoms with E-state index in [4.69, 9.17) is 11.0 Å². The number of nitrogens with zero attached hydrogens (tertiary/aromatic N) is 2. The Balaban J connectivity index is 1.21. The maximum Gasteiger partial charge on any atom is 0.136 e. The van der Waals surface area contributed by atoms with Crippen molar-refractivity contribution in [2.24, 2.45) is 0 Å². The topological polar surface area (TPSA) is 19.6 Å². The van der Waals surface area contributed by atoms with Crippen LogP contribution < -0.4 is 9.80 Å². The predicted molar refractivity (Wildman–Crippen MR) is 270 cm³/mol. The Morgan fingerprint density at radius 3 is 1.50 bits per heavy atom. The monoisotopic (exact) mass is 820 g/mol. The molecule has 0 fully saturated rings. The van der Waals surface area contributed by atoms with Crippen LogP contribution in [0.1, 0.15) is 11.1 Å². The highest BCUT2D eigenvalue weighted by Crippen LogP contribution is 2.47. The molecule has 3 heteroatoms. The lowest BCUT2D eigenvalue weighted by Crippen LogP contribution is -2.15. The first-order valence-electron chi connectivity index (χ1n) is 21.8. The molecule has 1 aliphatic carbocycles. The molecule has 0 unspecified atom stereocenters. The van der Waals surface area contributed by atoms with Crippen LogP contribution in [0.5, 0.6) is 0 Å². The number of benzene rings is 9. The van der Waals surface area contributed by atoms with Gasteiger partial charge in [0.25, 0.3) is 0 Å². The van der Waals surface area contributed by atoms with Crippen molar-refractivity contribution in [3.8, 4) is 33.4 Å². The number of fused-ring (bicyclic) bond motifs is 10. The van der Waals surface area contributed by atoms with Gasteiger partial charge in [-0.15, -0.1) is 0 Å². The minimum Gasteiger partial charge on any atom is -0.456 e. The molecular formula is C61H44N2O. The van der Waals surface area contributed by atoms with E-state index >= 15 is 0 Å². The van der Waals surface area contributed by atoms with Crippen molar-refractivity contribution in [3.05, 3.63) is 266 Å². The summed E-state index contributed by atoms with van der Waals surface area (Å²) in [5.41, 5.74) is 18.0. The van der Waals surface area contributed by atoms with Crippen molar-refractivity contribution in [2.45, 2.75) is 6.42 Å². The largest absolute Gasteiger partial charge is 0.456 e. The van der Waals surface area contributed by atoms with Crippen LogP contribution in [0, 0.1) is 0 Å². The third-order valence-electron chi connectivity index (χ3n) is 12.2. The Morgan fingerprint density at radius 2 is 0.844 bits per heavy atom. The molecule has 0 saturated heterocycles. The second-order valence-electron chi connectivity index (χ2n) is 16.1. The lowest BCUT2D eigenvalue weighted by molar-refractivity contribution is 0.669. The summed E-state index contributed by atoms with van der Waals surface area (Å²) in [5, 5.41) is 2.19. The molecule has 0 atom stereocenters. The van der Waals surface area contributed by atoms with E-state index in [2.05, 4.69) is 246 Å². The van der Waals surface area contributed by atoms with E-state index in [1.54, 1.807) is 0 Å². The fraction of sp³-hybridized carbons (Fsp3) is 0.0164. The molecule has 3 nitrogen and oxygen atoms in total. The molecule has 0 bridgehead atoms. The number of anilines is 5. The molecule has 0 saturated carbocycles. The first kappa shape index (κ1) is 38.5. The number of para-hydroxylation sites is 5. The van der Waals surface area contributed by atoms with Crippen molar-refractivity contribution in [1.29, 1.82) is 0 Å². The third kappa shape index (κ3) is 7.19. The van der Waals surface area contributed by atoms with Gasteiger partial charge in [0.2, 0.25) is 0 Å². The Bertz CT molecular complexity index is 3290. The van der Waals surface area contributed by atoms with Crippen molar-refractivity contribution >= 4 is 55.9 Å². The molecule has 1 heterocycles. The van der Waals surface area contributed by atoms with E-state index in [0.717, 1.165) is 95.0 Å². The lowest BCUT2D eigenvalue weighted by Gasteiger charge is -2.28. The summed E-state index contributed by atoms with van der Waals surface area (Å²) in [7, 11) is 0. The molecular weight excluding hydrogens is 777 g/mol. The van der Waals surface area contributed by atoms with Gasteiger partial charge in [-0.2, -0.15) is 0 Å². The van der Waals surface area contributed by atoms with E-state index in [9.17, 15) is 0 Å². The molecule has 304 valence electrons. The van der Waals surface area contributed by atoms with E-state index < -0.39 is 0 Å². The zero-order chi connectivity index (χ0) is 42.8. The molecule has 1 aromatic heterocycles. The molecule has 1 aliphatic rings. The zero-order valence-electron chi connectivity index (χ0n) is 35.3. The molecule has 10 aromatic rings. The maximum atomic E-state index is 6.71. The Morgan fingerprint density at radius 1 is 0.344 bits per heavy atom. The summed E-state index contributed by atoms with van der Waals surface area (Å²) in [6.45, 7) is 4.75. The summed E-state index contributed by atoms with van der Waals surface area (Å²) in [6.07, 6.45) is 7.44. The molecule has 0 amide bonds. The SMILES string of the molecule is C=C1/C=C\C(N(c2ccccc2)c2ccccc2)=C/Cc2ccccc2-c2cc3c(cc2-c2cc(N(c4ccccc4)c4ccccc4)ccc2-c2ccccc21)oc1ccccc13. The highest BCUT2D eigenvalue weighted by atomic mass is 16.3. The van der Waals surface area contributed by atoms with Gasteiger partial charge in [-0.25, -0.2) is 0 Å². The second kappa shape index (κ2) is 16.8. The van der Waals surface area contributed by atoms with Crippen molar-refractivity contribution in [1.82, 2.24) is 0 Å². The molecule has 11 rings (SSSR count). The van der Waals surface area contributed by atoms with Crippen LogP contribution >= 0.6 is 0 Å². The second-order valence-corrected chi connectivity index (χ2v) is 16.1. The van der Waals surface area contributed by atoms with Gasteiger partial charge in [0.1, 0.15) is 11.2 Å². The van der Waals surface area contributed by atoms with Gasteiger partial charge in [-0.1, -0.05) is 164 Å². The summed E-state index contributed by atoms with van der Waals surface area (Å²) >= 11 is 0. The quantitative estimate of drug-likeness (QED) is 0.167. The fourth-order valence-electron chi connectivity index (χ4n) is 9.23. The first-order valence-corrected chi connectivity index (χ1v) is 21.8. The van der Waals surface area contributed by atoms with Crippen LogP contribution in [0.25, 0.3) is 60.9 Å². The molecule has 64 heavy (non-hydrogen) atoms. The van der Waals surface area contributed by atoms with Gasteiger partial charge in [0, 0.05) is 44.9 Å². The third-order valence-corrected chi connectivity index (χ3v) is 12.2. The predicted octanol–water partition coefficient (Wildman–Crippen LogP) is 16.9. The number of hydrogen-bond acceptors (Lipinski definition) is 3. The van der Waals surface area contributed by atoms with Crippen molar-refractivity contribution < 1.29 is 4.42 Å². The van der Waals surface area contributed by atoms with E-state index in [0.29, 0.717) is 6.42 Å². The van der Waals surface area contributed by atoms with E-state index in [-0.39, 0.29) is 0 Å².